The molecule has 5 heteroatoms. The Bertz CT molecular complexity index is 478. The predicted molar refractivity (Wildman–Crippen MR) is 58.7 cm³/mol. The number of rotatable bonds is 2. The van der Waals surface area contributed by atoms with Crippen molar-refractivity contribution in [1.82, 2.24) is 19.7 Å². The van der Waals surface area contributed by atoms with E-state index in [0.29, 0.717) is 5.15 Å². The van der Waals surface area contributed by atoms with Gasteiger partial charge in [0.05, 0.1) is 11.4 Å². The van der Waals surface area contributed by atoms with Crippen molar-refractivity contribution >= 4 is 11.6 Å². The normalized spacial score (nSPS) is 10.6. The number of halogens is 1. The lowest BCUT2D eigenvalue weighted by atomic mass is 10.2. The molecular weight excluding hydrogens is 212 g/mol. The van der Waals surface area contributed by atoms with Gasteiger partial charge < -0.3 is 0 Å². The lowest BCUT2D eigenvalue weighted by Gasteiger charge is -1.97. The van der Waals surface area contributed by atoms with Crippen LogP contribution in [0.25, 0.3) is 11.3 Å². The highest BCUT2D eigenvalue weighted by Gasteiger charge is 2.08. The van der Waals surface area contributed by atoms with Gasteiger partial charge in [-0.05, 0) is 13.8 Å². The molecule has 0 spiro atoms. The maximum Gasteiger partial charge on any atom is 0.133 e. The van der Waals surface area contributed by atoms with E-state index < -0.39 is 0 Å². The Morgan fingerprint density at radius 1 is 1.40 bits per heavy atom. The topological polar surface area (TPSA) is 43.6 Å². The highest BCUT2D eigenvalue weighted by Crippen LogP contribution is 2.21. The van der Waals surface area contributed by atoms with Gasteiger partial charge in [-0.3, -0.25) is 4.68 Å². The minimum atomic E-state index is 0.448. The van der Waals surface area contributed by atoms with Crippen molar-refractivity contribution in [2.75, 3.05) is 0 Å². The summed E-state index contributed by atoms with van der Waals surface area (Å²) in [6, 6.07) is 1.74. The van der Waals surface area contributed by atoms with Crippen LogP contribution in [0.15, 0.2) is 18.6 Å². The Hall–Kier alpha value is -1.42. The third-order valence-electron chi connectivity index (χ3n) is 2.18. The van der Waals surface area contributed by atoms with Crippen molar-refractivity contribution in [3.05, 3.63) is 29.4 Å². The molecule has 2 rings (SSSR count). The van der Waals surface area contributed by atoms with E-state index in [1.165, 1.54) is 6.33 Å². The van der Waals surface area contributed by atoms with Crippen LogP contribution in [0.5, 0.6) is 0 Å². The summed E-state index contributed by atoms with van der Waals surface area (Å²) in [5.74, 6) is 0. The molecular formula is C10H11ClN4. The van der Waals surface area contributed by atoms with Gasteiger partial charge in [0.1, 0.15) is 11.5 Å². The van der Waals surface area contributed by atoms with Crippen LogP contribution in [0.3, 0.4) is 0 Å². The summed E-state index contributed by atoms with van der Waals surface area (Å²) in [6.45, 7) is 4.85. The molecule has 0 aliphatic rings. The van der Waals surface area contributed by atoms with E-state index in [0.717, 1.165) is 23.5 Å². The smallest absolute Gasteiger partial charge is 0.133 e. The first kappa shape index (κ1) is 10.1. The Labute approximate surface area is 92.9 Å². The van der Waals surface area contributed by atoms with Gasteiger partial charge >= 0.3 is 0 Å². The average molecular weight is 223 g/mol. The number of aromatic nitrogens is 4. The maximum absolute atomic E-state index is 5.81. The summed E-state index contributed by atoms with van der Waals surface area (Å²) >= 11 is 5.81. The van der Waals surface area contributed by atoms with E-state index in [1.54, 1.807) is 6.07 Å². The third-order valence-corrected chi connectivity index (χ3v) is 2.39. The Morgan fingerprint density at radius 3 is 2.80 bits per heavy atom. The van der Waals surface area contributed by atoms with Crippen LogP contribution >= 0.6 is 11.6 Å². The average Bonchev–Trinajstić information content (AvgIpc) is 2.60. The van der Waals surface area contributed by atoms with Gasteiger partial charge in [-0.15, -0.1) is 0 Å². The van der Waals surface area contributed by atoms with Crippen molar-refractivity contribution < 1.29 is 0 Å². The molecule has 0 atom stereocenters. The molecule has 0 saturated carbocycles. The molecule has 2 heterocycles. The van der Waals surface area contributed by atoms with Crippen LogP contribution in [0.4, 0.5) is 0 Å². The zero-order chi connectivity index (χ0) is 10.8. The Kier molecular flexibility index (Phi) is 2.68. The van der Waals surface area contributed by atoms with E-state index in [4.69, 9.17) is 11.6 Å². The second-order valence-electron chi connectivity index (χ2n) is 3.21. The van der Waals surface area contributed by atoms with E-state index in [2.05, 4.69) is 15.1 Å². The quantitative estimate of drug-likeness (QED) is 0.733. The summed E-state index contributed by atoms with van der Waals surface area (Å²) in [5, 5.41) is 4.80. The van der Waals surface area contributed by atoms with Crippen molar-refractivity contribution in [2.24, 2.45) is 0 Å². The molecule has 0 aromatic carbocycles. The minimum Gasteiger partial charge on any atom is -0.272 e. The number of aryl methyl sites for hydroxylation is 2. The lowest BCUT2D eigenvalue weighted by Crippen LogP contribution is -1.93. The summed E-state index contributed by atoms with van der Waals surface area (Å²) in [7, 11) is 0. The van der Waals surface area contributed by atoms with E-state index in [-0.39, 0.29) is 0 Å². The molecule has 0 aliphatic heterocycles. The summed E-state index contributed by atoms with van der Waals surface area (Å²) in [4.78, 5) is 8.02. The van der Waals surface area contributed by atoms with Crippen LogP contribution < -0.4 is 0 Å². The van der Waals surface area contributed by atoms with Crippen LogP contribution in [0.1, 0.15) is 12.6 Å². The van der Waals surface area contributed by atoms with Crippen molar-refractivity contribution in [3.63, 3.8) is 0 Å². The summed E-state index contributed by atoms with van der Waals surface area (Å²) in [6.07, 6.45) is 3.42. The summed E-state index contributed by atoms with van der Waals surface area (Å²) in [5.41, 5.74) is 2.76. The second kappa shape index (κ2) is 3.98. The molecule has 0 saturated heterocycles. The van der Waals surface area contributed by atoms with Crippen LogP contribution in [-0.2, 0) is 6.54 Å². The fourth-order valence-electron chi connectivity index (χ4n) is 1.41. The largest absolute Gasteiger partial charge is 0.272 e. The Morgan fingerprint density at radius 2 is 2.20 bits per heavy atom. The summed E-state index contributed by atoms with van der Waals surface area (Å²) < 4.78 is 1.88. The fraction of sp³-hybridized carbons (Fsp3) is 0.300. The fourth-order valence-corrected chi connectivity index (χ4v) is 1.56. The van der Waals surface area contributed by atoms with Crippen LogP contribution in [0.2, 0.25) is 5.15 Å². The van der Waals surface area contributed by atoms with Crippen molar-refractivity contribution in [1.29, 1.82) is 0 Å². The van der Waals surface area contributed by atoms with Gasteiger partial charge in [0.25, 0.3) is 0 Å². The first-order chi connectivity index (χ1) is 7.20. The van der Waals surface area contributed by atoms with Gasteiger partial charge in [0, 0.05) is 24.4 Å². The predicted octanol–water partition coefficient (Wildman–Crippen LogP) is 2.32. The first-order valence-electron chi connectivity index (χ1n) is 4.72. The van der Waals surface area contributed by atoms with Gasteiger partial charge in [-0.2, -0.15) is 5.10 Å². The molecule has 0 radical (unpaired) electrons. The highest BCUT2D eigenvalue weighted by atomic mass is 35.5. The molecule has 0 fully saturated rings. The van der Waals surface area contributed by atoms with Crippen LogP contribution in [-0.4, -0.2) is 19.7 Å². The van der Waals surface area contributed by atoms with Gasteiger partial charge in [0.2, 0.25) is 0 Å². The molecule has 0 unspecified atom stereocenters. The van der Waals surface area contributed by atoms with Crippen LogP contribution in [0, 0.1) is 6.92 Å². The molecule has 0 bridgehead atoms. The van der Waals surface area contributed by atoms with Gasteiger partial charge in [0.15, 0.2) is 0 Å². The van der Waals surface area contributed by atoms with Gasteiger partial charge in [-0.25, -0.2) is 9.97 Å². The number of hydrogen-bond acceptors (Lipinski definition) is 3. The second-order valence-corrected chi connectivity index (χ2v) is 3.60. The number of nitrogens with zero attached hydrogens (tertiary/aromatic N) is 4. The molecule has 15 heavy (non-hydrogen) atoms. The lowest BCUT2D eigenvalue weighted by molar-refractivity contribution is 0.653. The molecule has 2 aromatic heterocycles. The zero-order valence-corrected chi connectivity index (χ0v) is 9.36. The number of hydrogen-bond donors (Lipinski definition) is 0. The molecule has 2 aromatic rings. The molecule has 0 aliphatic carbocycles. The van der Waals surface area contributed by atoms with Crippen molar-refractivity contribution in [2.45, 2.75) is 20.4 Å². The third kappa shape index (κ3) is 1.99. The first-order valence-corrected chi connectivity index (χ1v) is 5.10. The maximum atomic E-state index is 5.81. The Balaban J connectivity index is 2.48. The zero-order valence-electron chi connectivity index (χ0n) is 8.61. The molecule has 78 valence electrons. The standard InChI is InChI=1S/C10H11ClN4/c1-3-15-5-8(7(2)14-15)9-4-10(11)13-6-12-9/h4-6H,3H2,1-2H3. The minimum absolute atomic E-state index is 0.448. The van der Waals surface area contributed by atoms with E-state index >= 15 is 0 Å². The van der Waals surface area contributed by atoms with Crippen molar-refractivity contribution in [3.8, 4) is 11.3 Å². The monoisotopic (exact) mass is 222 g/mol. The highest BCUT2D eigenvalue weighted by molar-refractivity contribution is 6.29. The van der Waals surface area contributed by atoms with E-state index in [1.807, 2.05) is 24.7 Å². The molecule has 0 amide bonds. The SMILES string of the molecule is CCn1cc(-c2cc(Cl)ncn2)c(C)n1. The van der Waals surface area contributed by atoms with E-state index in [9.17, 15) is 0 Å². The molecule has 0 N–H and O–H groups in total. The van der Waals surface area contributed by atoms with Gasteiger partial charge in [-0.1, -0.05) is 11.6 Å². The molecule has 4 nitrogen and oxygen atoms in total.